The monoisotopic (exact) mass is 383 g/mol. The van der Waals surface area contributed by atoms with E-state index in [0.29, 0.717) is 18.1 Å². The lowest BCUT2D eigenvalue weighted by Gasteiger charge is -2.30. The number of benzene rings is 1. The molecule has 0 bridgehead atoms. The molecule has 0 radical (unpaired) electrons. The Hall–Kier alpha value is -1.55. The van der Waals surface area contributed by atoms with E-state index in [0.717, 1.165) is 22.8 Å². The van der Waals surface area contributed by atoms with E-state index in [-0.39, 0.29) is 10.8 Å². The fraction of sp³-hybridized carbons (Fsp3) is 0.357. The third kappa shape index (κ3) is 2.81. The minimum absolute atomic E-state index is 0.243. The van der Waals surface area contributed by atoms with Crippen molar-refractivity contribution in [1.82, 2.24) is 24.1 Å². The maximum absolute atomic E-state index is 12.7. The molecule has 24 heavy (non-hydrogen) atoms. The lowest BCUT2D eigenvalue weighted by molar-refractivity contribution is 0.318. The first-order valence-corrected chi connectivity index (χ1v) is 10.1. The summed E-state index contributed by atoms with van der Waals surface area (Å²) in [6, 6.07) is 6.39. The van der Waals surface area contributed by atoms with Crippen molar-refractivity contribution in [3.63, 3.8) is 0 Å². The molecule has 1 aliphatic heterocycles. The first-order valence-electron chi connectivity index (χ1n) is 7.46. The molecule has 1 saturated heterocycles. The second kappa shape index (κ2) is 6.07. The fourth-order valence-electron chi connectivity index (χ4n) is 2.86. The van der Waals surface area contributed by atoms with Crippen molar-refractivity contribution in [3.8, 4) is 0 Å². The third-order valence-electron chi connectivity index (χ3n) is 4.14. The molecule has 1 aliphatic rings. The lowest BCUT2D eigenvalue weighted by atomic mass is 9.99. The smallest absolute Gasteiger partial charge is 0.207 e. The van der Waals surface area contributed by atoms with Crippen LogP contribution in [0, 0.1) is 0 Å². The van der Waals surface area contributed by atoms with Gasteiger partial charge in [-0.2, -0.15) is 13.9 Å². The summed E-state index contributed by atoms with van der Waals surface area (Å²) < 4.78 is 28.6. The predicted molar refractivity (Wildman–Crippen MR) is 90.8 cm³/mol. The van der Waals surface area contributed by atoms with Gasteiger partial charge >= 0.3 is 0 Å². The Morgan fingerprint density at radius 1 is 1.25 bits per heavy atom. The van der Waals surface area contributed by atoms with Gasteiger partial charge in [0.1, 0.15) is 11.3 Å². The van der Waals surface area contributed by atoms with Crippen LogP contribution in [0.4, 0.5) is 0 Å². The highest BCUT2D eigenvalue weighted by atomic mass is 35.5. The van der Waals surface area contributed by atoms with E-state index in [1.807, 2.05) is 0 Å². The highest BCUT2D eigenvalue weighted by Gasteiger charge is 2.31. The molecule has 0 amide bonds. The Balaban J connectivity index is 1.50. The molecular formula is C14H14ClN5O2S2. The zero-order chi connectivity index (χ0) is 16.7. The second-order valence-corrected chi connectivity index (χ2v) is 9.00. The topological polar surface area (TPSA) is 80.5 Å². The van der Waals surface area contributed by atoms with E-state index in [4.69, 9.17) is 11.6 Å². The first-order chi connectivity index (χ1) is 11.5. The van der Waals surface area contributed by atoms with E-state index in [1.54, 1.807) is 29.0 Å². The molecule has 1 aromatic carbocycles. The van der Waals surface area contributed by atoms with E-state index in [1.165, 1.54) is 21.7 Å². The van der Waals surface area contributed by atoms with Crippen LogP contribution in [0.2, 0.25) is 5.02 Å². The van der Waals surface area contributed by atoms with Crippen LogP contribution in [0.25, 0.3) is 4.96 Å². The average Bonchev–Trinajstić information content (AvgIpc) is 3.16. The number of halogens is 1. The summed E-state index contributed by atoms with van der Waals surface area (Å²) in [4.78, 5) is 1.01. The molecule has 10 heteroatoms. The maximum atomic E-state index is 12.7. The molecule has 126 valence electrons. The molecule has 0 unspecified atom stereocenters. The molecule has 0 spiro atoms. The van der Waals surface area contributed by atoms with Crippen molar-refractivity contribution in [2.24, 2.45) is 0 Å². The van der Waals surface area contributed by atoms with Gasteiger partial charge in [-0.25, -0.2) is 8.42 Å². The summed E-state index contributed by atoms with van der Waals surface area (Å²) in [7, 11) is -3.50. The molecular weight excluding hydrogens is 370 g/mol. The van der Waals surface area contributed by atoms with Gasteiger partial charge in [-0.15, -0.1) is 10.2 Å². The van der Waals surface area contributed by atoms with Crippen molar-refractivity contribution in [1.29, 1.82) is 0 Å². The van der Waals surface area contributed by atoms with E-state index in [2.05, 4.69) is 15.3 Å². The van der Waals surface area contributed by atoms with Gasteiger partial charge < -0.3 is 0 Å². The van der Waals surface area contributed by atoms with Crippen LogP contribution in [0.3, 0.4) is 0 Å². The molecule has 7 nitrogen and oxygen atoms in total. The molecule has 0 atom stereocenters. The Kier molecular flexibility index (Phi) is 4.03. The van der Waals surface area contributed by atoms with E-state index in [9.17, 15) is 8.42 Å². The van der Waals surface area contributed by atoms with Crippen LogP contribution < -0.4 is 0 Å². The van der Waals surface area contributed by atoms with Crippen molar-refractivity contribution in [2.75, 3.05) is 13.1 Å². The number of hydrogen-bond acceptors (Lipinski definition) is 6. The van der Waals surface area contributed by atoms with Gasteiger partial charge in [0.2, 0.25) is 15.0 Å². The van der Waals surface area contributed by atoms with Crippen LogP contribution in [0.15, 0.2) is 35.5 Å². The van der Waals surface area contributed by atoms with Crippen molar-refractivity contribution >= 4 is 37.9 Å². The van der Waals surface area contributed by atoms with Crippen LogP contribution >= 0.6 is 22.9 Å². The zero-order valence-corrected chi connectivity index (χ0v) is 14.9. The number of aromatic nitrogens is 4. The highest BCUT2D eigenvalue weighted by Crippen LogP contribution is 2.33. The van der Waals surface area contributed by atoms with Crippen molar-refractivity contribution in [2.45, 2.75) is 23.7 Å². The average molecular weight is 384 g/mol. The molecule has 0 saturated carbocycles. The Morgan fingerprint density at radius 2 is 2.04 bits per heavy atom. The van der Waals surface area contributed by atoms with E-state index >= 15 is 0 Å². The summed E-state index contributed by atoms with van der Waals surface area (Å²) in [5.41, 5.74) is 0. The highest BCUT2D eigenvalue weighted by molar-refractivity contribution is 7.89. The minimum Gasteiger partial charge on any atom is -0.207 e. The summed E-state index contributed by atoms with van der Waals surface area (Å²) >= 11 is 7.43. The first kappa shape index (κ1) is 15.9. The van der Waals surface area contributed by atoms with Crippen LogP contribution in [-0.2, 0) is 10.0 Å². The second-order valence-electron chi connectivity index (χ2n) is 5.63. The van der Waals surface area contributed by atoms with Gasteiger partial charge in [-0.1, -0.05) is 29.0 Å². The van der Waals surface area contributed by atoms with E-state index < -0.39 is 10.0 Å². The third-order valence-corrected chi connectivity index (χ3v) is 7.34. The SMILES string of the molecule is O=S(=O)(c1cccc(Cl)c1)N1CCC(c2nn3cnnc3s2)CC1. The molecule has 2 aromatic heterocycles. The molecule has 4 rings (SSSR count). The number of hydrogen-bond donors (Lipinski definition) is 0. The van der Waals surface area contributed by atoms with Gasteiger partial charge in [0.15, 0.2) is 0 Å². The van der Waals surface area contributed by atoms with Crippen molar-refractivity contribution in [3.05, 3.63) is 40.6 Å². The summed E-state index contributed by atoms with van der Waals surface area (Å²) in [6.07, 6.45) is 3.06. The quantitative estimate of drug-likeness (QED) is 0.693. The number of rotatable bonds is 3. The predicted octanol–water partition coefficient (Wildman–Crippen LogP) is 2.41. The minimum atomic E-state index is -3.50. The van der Waals surface area contributed by atoms with Gasteiger partial charge in [-0.3, -0.25) is 0 Å². The number of fused-ring (bicyclic) bond motifs is 1. The molecule has 0 N–H and O–H groups in total. The van der Waals surface area contributed by atoms with Crippen LogP contribution in [0.5, 0.6) is 0 Å². The van der Waals surface area contributed by atoms with Gasteiger partial charge in [-0.05, 0) is 31.0 Å². The maximum Gasteiger partial charge on any atom is 0.243 e. The summed E-state index contributed by atoms with van der Waals surface area (Å²) in [6.45, 7) is 0.944. The summed E-state index contributed by atoms with van der Waals surface area (Å²) in [5, 5.41) is 13.7. The van der Waals surface area contributed by atoms with Crippen LogP contribution in [0.1, 0.15) is 23.8 Å². The molecule has 3 aromatic rings. The zero-order valence-electron chi connectivity index (χ0n) is 12.5. The largest absolute Gasteiger partial charge is 0.243 e. The number of piperidine rings is 1. The Bertz CT molecular complexity index is 947. The van der Waals surface area contributed by atoms with Gasteiger partial charge in [0.05, 0.1) is 4.90 Å². The molecule has 1 fully saturated rings. The van der Waals surface area contributed by atoms with Crippen LogP contribution in [-0.4, -0.2) is 45.6 Å². The standard InChI is InChI=1S/C14H14ClN5O2S2/c15-11-2-1-3-12(8-11)24(21,22)19-6-4-10(5-7-19)13-18-20-9-16-17-14(20)23-13/h1-3,8-10H,4-7H2. The Morgan fingerprint density at radius 3 is 2.75 bits per heavy atom. The summed E-state index contributed by atoms with van der Waals surface area (Å²) in [5.74, 6) is 0.252. The number of sulfonamides is 1. The Labute approximate surface area is 147 Å². The number of nitrogens with zero attached hydrogens (tertiary/aromatic N) is 5. The lowest BCUT2D eigenvalue weighted by Crippen LogP contribution is -2.37. The van der Waals surface area contributed by atoms with Gasteiger partial charge in [0, 0.05) is 24.0 Å². The normalized spacial score (nSPS) is 17.5. The van der Waals surface area contributed by atoms with Crippen molar-refractivity contribution < 1.29 is 8.42 Å². The fourth-order valence-corrected chi connectivity index (χ4v) is 5.62. The molecule has 0 aliphatic carbocycles. The molecule has 3 heterocycles. The van der Waals surface area contributed by atoms with Gasteiger partial charge in [0.25, 0.3) is 0 Å².